The number of nitriles is 1. The third-order valence-electron chi connectivity index (χ3n) is 4.41. The van der Waals surface area contributed by atoms with Crippen LogP contribution in [0.1, 0.15) is 26.8 Å². The van der Waals surface area contributed by atoms with Gasteiger partial charge in [-0.05, 0) is 35.7 Å². The van der Waals surface area contributed by atoms with Crippen molar-refractivity contribution in [3.05, 3.63) is 82.0 Å². The molecule has 4 nitrogen and oxygen atoms in total. The topological polar surface area (TPSA) is 57.3 Å². The highest BCUT2D eigenvalue weighted by Crippen LogP contribution is 2.32. The van der Waals surface area contributed by atoms with Crippen molar-refractivity contribution < 1.29 is 9.69 Å². The SMILES string of the molecule is C[NH+](C)[C@@H](CNC(=O)c1ccccc1Sc1ccccc1C#N)c1cccs1. The zero-order valence-electron chi connectivity index (χ0n) is 15.8. The summed E-state index contributed by atoms with van der Waals surface area (Å²) in [7, 11) is 4.19. The van der Waals surface area contributed by atoms with Gasteiger partial charge in [-0.1, -0.05) is 42.1 Å². The third-order valence-corrected chi connectivity index (χ3v) is 6.55. The number of rotatable bonds is 7. The molecule has 142 valence electrons. The molecule has 0 saturated carbocycles. The number of thiophene rings is 1. The normalized spacial score (nSPS) is 11.8. The second-order valence-electron chi connectivity index (χ2n) is 6.56. The Labute approximate surface area is 173 Å². The van der Waals surface area contributed by atoms with Crippen molar-refractivity contribution in [3.8, 4) is 6.07 Å². The quantitative estimate of drug-likeness (QED) is 0.630. The van der Waals surface area contributed by atoms with E-state index in [1.54, 1.807) is 17.4 Å². The Morgan fingerprint density at radius 2 is 1.82 bits per heavy atom. The van der Waals surface area contributed by atoms with E-state index in [-0.39, 0.29) is 11.9 Å². The van der Waals surface area contributed by atoms with Crippen LogP contribution < -0.4 is 10.2 Å². The van der Waals surface area contributed by atoms with E-state index in [1.807, 2.05) is 48.5 Å². The largest absolute Gasteiger partial charge is 0.346 e. The molecule has 3 aromatic rings. The van der Waals surface area contributed by atoms with Gasteiger partial charge in [0.1, 0.15) is 12.1 Å². The van der Waals surface area contributed by atoms with Gasteiger partial charge in [0.15, 0.2) is 0 Å². The predicted octanol–water partition coefficient (Wildman–Crippen LogP) is 3.39. The summed E-state index contributed by atoms with van der Waals surface area (Å²) in [5, 5.41) is 14.5. The molecule has 28 heavy (non-hydrogen) atoms. The number of amides is 1. The van der Waals surface area contributed by atoms with E-state index >= 15 is 0 Å². The highest BCUT2D eigenvalue weighted by atomic mass is 32.2. The average Bonchev–Trinajstić information content (AvgIpc) is 3.23. The second kappa shape index (κ2) is 9.56. The first kappa shape index (κ1) is 20.2. The lowest BCUT2D eigenvalue weighted by Gasteiger charge is -2.21. The van der Waals surface area contributed by atoms with Gasteiger partial charge in [0.05, 0.1) is 36.6 Å². The van der Waals surface area contributed by atoms with Crippen LogP contribution in [0.15, 0.2) is 75.8 Å². The second-order valence-corrected chi connectivity index (χ2v) is 8.62. The Hall–Kier alpha value is -2.59. The number of quaternary nitrogens is 1. The molecule has 0 spiro atoms. The lowest BCUT2D eigenvalue weighted by Crippen LogP contribution is -3.06. The van der Waals surface area contributed by atoms with Crippen LogP contribution in [0.4, 0.5) is 0 Å². The van der Waals surface area contributed by atoms with Crippen LogP contribution in [-0.4, -0.2) is 26.5 Å². The van der Waals surface area contributed by atoms with Gasteiger partial charge in [-0.3, -0.25) is 4.79 Å². The van der Waals surface area contributed by atoms with Crippen LogP contribution in [0, 0.1) is 11.3 Å². The van der Waals surface area contributed by atoms with Gasteiger partial charge in [0.2, 0.25) is 0 Å². The number of nitrogens with zero attached hydrogens (tertiary/aromatic N) is 1. The molecule has 1 aromatic heterocycles. The molecule has 0 unspecified atom stereocenters. The monoisotopic (exact) mass is 408 g/mol. The summed E-state index contributed by atoms with van der Waals surface area (Å²) < 4.78 is 0. The molecule has 0 aliphatic carbocycles. The number of carbonyl (C=O) groups is 1. The minimum absolute atomic E-state index is 0.0969. The van der Waals surface area contributed by atoms with Gasteiger partial charge >= 0.3 is 0 Å². The average molecular weight is 409 g/mol. The van der Waals surface area contributed by atoms with Crippen LogP contribution in [0.2, 0.25) is 0 Å². The summed E-state index contributed by atoms with van der Waals surface area (Å²) >= 11 is 3.15. The van der Waals surface area contributed by atoms with E-state index in [0.717, 1.165) is 9.79 Å². The Morgan fingerprint density at radius 3 is 2.50 bits per heavy atom. The zero-order valence-corrected chi connectivity index (χ0v) is 17.4. The van der Waals surface area contributed by atoms with Crippen LogP contribution in [-0.2, 0) is 0 Å². The molecule has 0 aliphatic heterocycles. The lowest BCUT2D eigenvalue weighted by molar-refractivity contribution is -0.890. The fourth-order valence-corrected chi connectivity index (χ4v) is 4.86. The molecule has 0 radical (unpaired) electrons. The fourth-order valence-electron chi connectivity index (χ4n) is 2.88. The highest BCUT2D eigenvalue weighted by molar-refractivity contribution is 7.99. The number of carbonyl (C=O) groups excluding carboxylic acids is 1. The van der Waals surface area contributed by atoms with Gasteiger partial charge < -0.3 is 10.2 Å². The summed E-state index contributed by atoms with van der Waals surface area (Å²) in [6.45, 7) is 0.565. The van der Waals surface area contributed by atoms with E-state index in [4.69, 9.17) is 0 Å². The summed E-state index contributed by atoms with van der Waals surface area (Å²) in [4.78, 5) is 17.1. The van der Waals surface area contributed by atoms with Crippen molar-refractivity contribution in [3.63, 3.8) is 0 Å². The molecule has 2 aromatic carbocycles. The molecule has 6 heteroatoms. The summed E-state index contributed by atoms with van der Waals surface area (Å²) in [6.07, 6.45) is 0. The molecule has 1 amide bonds. The molecule has 0 aliphatic rings. The first-order valence-electron chi connectivity index (χ1n) is 8.97. The summed E-state index contributed by atoms with van der Waals surface area (Å²) in [5.41, 5.74) is 1.23. The van der Waals surface area contributed by atoms with Crippen molar-refractivity contribution in [1.82, 2.24) is 5.32 Å². The Morgan fingerprint density at radius 1 is 1.11 bits per heavy atom. The highest BCUT2D eigenvalue weighted by Gasteiger charge is 2.21. The molecular weight excluding hydrogens is 386 g/mol. The van der Waals surface area contributed by atoms with Gasteiger partial charge in [0.25, 0.3) is 5.91 Å². The van der Waals surface area contributed by atoms with Crippen LogP contribution in [0.5, 0.6) is 0 Å². The van der Waals surface area contributed by atoms with E-state index in [2.05, 4.69) is 36.9 Å². The number of nitrogens with one attached hydrogen (secondary N) is 2. The predicted molar refractivity (Wildman–Crippen MR) is 114 cm³/mol. The van der Waals surface area contributed by atoms with Crippen molar-refractivity contribution in [1.29, 1.82) is 5.26 Å². The maximum Gasteiger partial charge on any atom is 0.252 e. The van der Waals surface area contributed by atoms with Gasteiger partial charge in [-0.25, -0.2) is 0 Å². The maximum atomic E-state index is 12.9. The molecule has 0 saturated heterocycles. The molecule has 2 N–H and O–H groups in total. The number of benzene rings is 2. The summed E-state index contributed by atoms with van der Waals surface area (Å²) in [5.74, 6) is -0.0969. The van der Waals surface area contributed by atoms with E-state index in [9.17, 15) is 10.1 Å². The van der Waals surface area contributed by atoms with Crippen LogP contribution >= 0.6 is 23.1 Å². The Bertz CT molecular complexity index is 977. The van der Waals surface area contributed by atoms with E-state index < -0.39 is 0 Å². The van der Waals surface area contributed by atoms with E-state index in [0.29, 0.717) is 17.7 Å². The van der Waals surface area contributed by atoms with Crippen molar-refractivity contribution in [2.45, 2.75) is 15.8 Å². The molecular formula is C22H22N3OS2+. The Balaban J connectivity index is 1.77. The summed E-state index contributed by atoms with van der Waals surface area (Å²) in [6, 6.07) is 21.5. The zero-order chi connectivity index (χ0) is 19.9. The van der Waals surface area contributed by atoms with Gasteiger partial charge in [-0.2, -0.15) is 5.26 Å². The van der Waals surface area contributed by atoms with Crippen molar-refractivity contribution in [2.24, 2.45) is 0 Å². The molecule has 1 atom stereocenters. The smallest absolute Gasteiger partial charge is 0.252 e. The minimum Gasteiger partial charge on any atom is -0.346 e. The fraction of sp³-hybridized carbons (Fsp3) is 0.182. The van der Waals surface area contributed by atoms with Crippen LogP contribution in [0.25, 0.3) is 0 Å². The van der Waals surface area contributed by atoms with Crippen molar-refractivity contribution in [2.75, 3.05) is 20.6 Å². The molecule has 1 heterocycles. The number of hydrogen-bond acceptors (Lipinski definition) is 4. The first-order valence-corrected chi connectivity index (χ1v) is 10.7. The number of likely N-dealkylation sites (N-methyl/N-ethyl adjacent to an activating group) is 1. The van der Waals surface area contributed by atoms with Crippen molar-refractivity contribution >= 4 is 29.0 Å². The van der Waals surface area contributed by atoms with Gasteiger partial charge in [0, 0.05) is 9.79 Å². The van der Waals surface area contributed by atoms with Gasteiger partial charge in [-0.15, -0.1) is 11.3 Å². The van der Waals surface area contributed by atoms with Crippen LogP contribution in [0.3, 0.4) is 0 Å². The standard InChI is InChI=1S/C22H21N3OS2/c1-25(2)18(21-12-7-13-27-21)15-24-22(26)17-9-4-6-11-20(17)28-19-10-5-3-8-16(19)14-23/h3-13,18H,15H2,1-2H3,(H,24,26)/p+1/t18-/m0/s1. The first-order chi connectivity index (χ1) is 13.6. The Kier molecular flexibility index (Phi) is 6.88. The minimum atomic E-state index is -0.0969. The maximum absolute atomic E-state index is 12.9. The third kappa shape index (κ3) is 4.82. The molecule has 0 fully saturated rings. The van der Waals surface area contributed by atoms with E-state index in [1.165, 1.54) is 21.5 Å². The number of hydrogen-bond donors (Lipinski definition) is 2. The molecule has 0 bridgehead atoms. The lowest BCUT2D eigenvalue weighted by atomic mass is 10.2. The molecule has 3 rings (SSSR count).